The van der Waals surface area contributed by atoms with Crippen molar-refractivity contribution >= 4 is 51.9 Å². The lowest BCUT2D eigenvalue weighted by Gasteiger charge is -2.26. The second kappa shape index (κ2) is 8.20. The van der Waals surface area contributed by atoms with Crippen molar-refractivity contribution in [3.63, 3.8) is 0 Å². The highest BCUT2D eigenvalue weighted by Crippen LogP contribution is 2.33. The second-order valence-electron chi connectivity index (χ2n) is 7.71. The SMILES string of the molecule is CC1CCC(NC(=O)c2cnc3c(c2)nc(Nc2c(Cl)cccc2Cl)n3C)CC1. The molecule has 1 aromatic carbocycles. The number of aryl methyl sites for hydroxylation is 1. The fourth-order valence-electron chi connectivity index (χ4n) is 3.71. The van der Waals surface area contributed by atoms with Crippen LogP contribution in [0, 0.1) is 5.92 Å². The Kier molecular flexibility index (Phi) is 5.65. The molecule has 0 unspecified atom stereocenters. The summed E-state index contributed by atoms with van der Waals surface area (Å²) in [6.45, 7) is 2.26. The molecule has 2 N–H and O–H groups in total. The van der Waals surface area contributed by atoms with Crippen molar-refractivity contribution in [3.8, 4) is 0 Å². The molecule has 0 saturated heterocycles. The van der Waals surface area contributed by atoms with Crippen molar-refractivity contribution < 1.29 is 4.79 Å². The first-order chi connectivity index (χ1) is 13.9. The topological polar surface area (TPSA) is 71.8 Å². The van der Waals surface area contributed by atoms with Crippen molar-refractivity contribution in [1.82, 2.24) is 19.9 Å². The molecule has 0 bridgehead atoms. The van der Waals surface area contributed by atoms with Crippen molar-refractivity contribution in [2.75, 3.05) is 5.32 Å². The van der Waals surface area contributed by atoms with Crippen LogP contribution in [-0.4, -0.2) is 26.5 Å². The molecule has 4 rings (SSSR count). The second-order valence-corrected chi connectivity index (χ2v) is 8.53. The van der Waals surface area contributed by atoms with Crippen molar-refractivity contribution in [1.29, 1.82) is 0 Å². The number of hydrogen-bond acceptors (Lipinski definition) is 4. The number of hydrogen-bond donors (Lipinski definition) is 2. The van der Waals surface area contributed by atoms with E-state index in [1.807, 2.05) is 7.05 Å². The lowest BCUT2D eigenvalue weighted by atomic mass is 9.87. The minimum atomic E-state index is -0.103. The molecule has 0 aliphatic heterocycles. The van der Waals surface area contributed by atoms with Crippen LogP contribution in [0.25, 0.3) is 11.2 Å². The number of carbonyl (C=O) groups is 1. The molecule has 29 heavy (non-hydrogen) atoms. The van der Waals surface area contributed by atoms with E-state index in [2.05, 4.69) is 27.5 Å². The van der Waals surface area contributed by atoms with Crippen LogP contribution in [-0.2, 0) is 7.05 Å². The van der Waals surface area contributed by atoms with Gasteiger partial charge in [-0.3, -0.25) is 9.36 Å². The lowest BCUT2D eigenvalue weighted by molar-refractivity contribution is 0.0923. The van der Waals surface area contributed by atoms with Crippen molar-refractivity contribution in [2.45, 2.75) is 38.6 Å². The van der Waals surface area contributed by atoms with Gasteiger partial charge in [0.25, 0.3) is 5.91 Å². The summed E-state index contributed by atoms with van der Waals surface area (Å²) in [6, 6.07) is 7.29. The summed E-state index contributed by atoms with van der Waals surface area (Å²) in [5, 5.41) is 7.30. The Morgan fingerprint density at radius 1 is 1.17 bits per heavy atom. The maximum absolute atomic E-state index is 12.7. The van der Waals surface area contributed by atoms with Gasteiger partial charge in [0.15, 0.2) is 5.65 Å². The molecule has 1 saturated carbocycles. The van der Waals surface area contributed by atoms with E-state index in [1.54, 1.807) is 35.0 Å². The predicted molar refractivity (Wildman–Crippen MR) is 117 cm³/mol. The van der Waals surface area contributed by atoms with Crippen molar-refractivity contribution in [3.05, 3.63) is 46.1 Å². The van der Waals surface area contributed by atoms with Crippen molar-refractivity contribution in [2.24, 2.45) is 13.0 Å². The zero-order chi connectivity index (χ0) is 20.5. The number of nitrogens with one attached hydrogen (secondary N) is 2. The fourth-order valence-corrected chi connectivity index (χ4v) is 4.21. The molecule has 1 fully saturated rings. The Hall–Kier alpha value is -2.31. The van der Waals surface area contributed by atoms with Gasteiger partial charge in [-0.2, -0.15) is 0 Å². The predicted octanol–water partition coefficient (Wildman–Crippen LogP) is 5.33. The van der Waals surface area contributed by atoms with E-state index < -0.39 is 0 Å². The first kappa shape index (κ1) is 20.0. The Bertz CT molecular complexity index is 1040. The van der Waals surface area contributed by atoms with Gasteiger partial charge >= 0.3 is 0 Å². The number of imidazole rings is 1. The smallest absolute Gasteiger partial charge is 0.253 e. The van der Waals surface area contributed by atoms with E-state index in [0.29, 0.717) is 38.4 Å². The molecule has 0 atom stereocenters. The maximum Gasteiger partial charge on any atom is 0.253 e. The third-order valence-electron chi connectivity index (χ3n) is 5.52. The van der Waals surface area contributed by atoms with Gasteiger partial charge in [0, 0.05) is 19.3 Å². The Morgan fingerprint density at radius 3 is 2.55 bits per heavy atom. The summed E-state index contributed by atoms with van der Waals surface area (Å²) in [7, 11) is 1.85. The van der Waals surface area contributed by atoms with Crippen LogP contribution in [0.4, 0.5) is 11.6 Å². The number of fused-ring (bicyclic) bond motifs is 1. The number of para-hydroxylation sites is 1. The summed E-state index contributed by atoms with van der Waals surface area (Å²) < 4.78 is 1.80. The van der Waals surface area contributed by atoms with E-state index in [0.717, 1.165) is 31.6 Å². The van der Waals surface area contributed by atoms with E-state index in [-0.39, 0.29) is 11.9 Å². The third kappa shape index (κ3) is 4.19. The number of rotatable bonds is 4. The quantitative estimate of drug-likeness (QED) is 0.585. The average molecular weight is 432 g/mol. The van der Waals surface area contributed by atoms with E-state index in [4.69, 9.17) is 23.2 Å². The minimum absolute atomic E-state index is 0.103. The highest BCUT2D eigenvalue weighted by Gasteiger charge is 2.21. The number of amides is 1. The van der Waals surface area contributed by atoms with Gasteiger partial charge in [0.1, 0.15) is 5.52 Å². The van der Waals surface area contributed by atoms with E-state index >= 15 is 0 Å². The number of pyridine rings is 1. The van der Waals surface area contributed by atoms with Crippen LogP contribution >= 0.6 is 23.2 Å². The Morgan fingerprint density at radius 2 is 1.86 bits per heavy atom. The number of anilines is 2. The summed E-state index contributed by atoms with van der Waals surface area (Å²) in [4.78, 5) is 21.7. The molecule has 0 spiro atoms. The number of nitrogens with zero attached hydrogens (tertiary/aromatic N) is 3. The number of carbonyl (C=O) groups excluding carboxylic acids is 1. The molecule has 2 heterocycles. The normalized spacial score (nSPS) is 19.3. The molecule has 1 aliphatic carbocycles. The summed E-state index contributed by atoms with van der Waals surface area (Å²) >= 11 is 12.5. The molecule has 6 nitrogen and oxygen atoms in total. The molecule has 8 heteroatoms. The van der Waals surface area contributed by atoms with Crippen LogP contribution < -0.4 is 10.6 Å². The summed E-state index contributed by atoms with van der Waals surface area (Å²) in [5.74, 6) is 1.18. The molecule has 2 aromatic heterocycles. The van der Waals surface area contributed by atoms with Gasteiger partial charge in [-0.1, -0.05) is 36.2 Å². The van der Waals surface area contributed by atoms with Gasteiger partial charge < -0.3 is 10.6 Å². The largest absolute Gasteiger partial charge is 0.349 e. The molecule has 0 radical (unpaired) electrons. The summed E-state index contributed by atoms with van der Waals surface area (Å²) in [5.41, 5.74) is 2.39. The Balaban J connectivity index is 1.56. The standard InChI is InChI=1S/C21H23Cl2N5O/c1-12-6-8-14(9-7-12)25-20(29)13-10-17-19(24-11-13)28(2)21(26-17)27-18-15(22)4-3-5-16(18)23/h3-5,10-12,14H,6-9H2,1-2H3,(H,25,29)(H,26,27). The highest BCUT2D eigenvalue weighted by molar-refractivity contribution is 6.39. The van der Waals surface area contributed by atoms with Crippen LogP contribution in [0.2, 0.25) is 10.0 Å². The van der Waals surface area contributed by atoms with Gasteiger partial charge in [-0.05, 0) is 49.8 Å². The molecule has 1 aliphatic rings. The summed E-state index contributed by atoms with van der Waals surface area (Å²) in [6.07, 6.45) is 5.96. The monoisotopic (exact) mass is 431 g/mol. The number of halogens is 2. The fraction of sp³-hybridized carbons (Fsp3) is 0.381. The molecule has 1 amide bonds. The molecule has 3 aromatic rings. The van der Waals surface area contributed by atoms with E-state index in [9.17, 15) is 4.79 Å². The van der Waals surface area contributed by atoms with Crippen LogP contribution in [0.5, 0.6) is 0 Å². The Labute approximate surface area is 179 Å². The maximum atomic E-state index is 12.7. The first-order valence-corrected chi connectivity index (χ1v) is 10.5. The van der Waals surface area contributed by atoms with Gasteiger partial charge in [0.05, 0.1) is 21.3 Å². The van der Waals surface area contributed by atoms with Gasteiger partial charge in [-0.25, -0.2) is 9.97 Å². The molecular formula is C21H23Cl2N5O. The number of benzene rings is 1. The highest BCUT2D eigenvalue weighted by atomic mass is 35.5. The molecular weight excluding hydrogens is 409 g/mol. The first-order valence-electron chi connectivity index (χ1n) is 9.76. The zero-order valence-corrected chi connectivity index (χ0v) is 17.9. The van der Waals surface area contributed by atoms with Crippen LogP contribution in [0.1, 0.15) is 43.0 Å². The molecule has 152 valence electrons. The number of aromatic nitrogens is 3. The third-order valence-corrected chi connectivity index (χ3v) is 6.15. The zero-order valence-electron chi connectivity index (χ0n) is 16.4. The lowest BCUT2D eigenvalue weighted by Crippen LogP contribution is -2.37. The van der Waals surface area contributed by atoms with Gasteiger partial charge in [-0.15, -0.1) is 0 Å². The van der Waals surface area contributed by atoms with E-state index in [1.165, 1.54) is 0 Å². The average Bonchev–Trinajstić information content (AvgIpc) is 3.01. The van der Waals surface area contributed by atoms with Gasteiger partial charge in [0.2, 0.25) is 5.95 Å². The van der Waals surface area contributed by atoms with Crippen LogP contribution in [0.15, 0.2) is 30.5 Å². The van der Waals surface area contributed by atoms with Crippen LogP contribution in [0.3, 0.4) is 0 Å². The minimum Gasteiger partial charge on any atom is -0.349 e.